The number of amides is 1. The summed E-state index contributed by atoms with van der Waals surface area (Å²) in [7, 11) is 0. The topological polar surface area (TPSA) is 74.8 Å². The Morgan fingerprint density at radius 1 is 1.24 bits per heavy atom. The molecule has 0 aromatic carbocycles. The summed E-state index contributed by atoms with van der Waals surface area (Å²) >= 11 is 7.00. The number of halogens is 4. The first kappa shape index (κ1) is 19.3. The predicted molar refractivity (Wildman–Crippen MR) is 102 cm³/mol. The third kappa shape index (κ3) is 3.94. The molecule has 0 aliphatic heterocycles. The van der Waals surface area contributed by atoms with Crippen molar-refractivity contribution in [3.8, 4) is 10.6 Å². The molecule has 0 bridgehead atoms. The van der Waals surface area contributed by atoms with E-state index in [0.29, 0.717) is 9.21 Å². The van der Waals surface area contributed by atoms with Gasteiger partial charge in [-0.1, -0.05) is 17.7 Å². The second kappa shape index (κ2) is 7.12. The summed E-state index contributed by atoms with van der Waals surface area (Å²) in [5.74, 6) is -0.358. The van der Waals surface area contributed by atoms with Crippen molar-refractivity contribution in [3.05, 3.63) is 63.9 Å². The maximum Gasteiger partial charge on any atom is 0.456 e. The third-order valence-electron chi connectivity index (χ3n) is 4.00. The van der Waals surface area contributed by atoms with E-state index < -0.39 is 17.8 Å². The molecule has 4 rings (SSSR count). The maximum absolute atomic E-state index is 13.6. The van der Waals surface area contributed by atoms with Crippen molar-refractivity contribution in [2.45, 2.75) is 13.1 Å². The Kier molecular flexibility index (Phi) is 4.75. The van der Waals surface area contributed by atoms with E-state index in [0.717, 1.165) is 27.5 Å². The average Bonchev–Trinajstić information content (AvgIpc) is 3.28. The Morgan fingerprint density at radius 3 is 2.66 bits per heavy atom. The minimum absolute atomic E-state index is 0.0543. The number of aromatic amines is 1. The molecule has 0 radical (unpaired) electrons. The first-order chi connectivity index (χ1) is 13.7. The summed E-state index contributed by atoms with van der Waals surface area (Å²) in [6, 6.07) is 8.69. The first-order valence-electron chi connectivity index (χ1n) is 8.23. The molecular weight excluding hydrogens is 427 g/mol. The fraction of sp³-hybridized carbons (Fsp3) is 0.111. The number of nitrogens with zero attached hydrogens (tertiary/aromatic N) is 3. The molecule has 2 N–H and O–H groups in total. The van der Waals surface area contributed by atoms with Crippen molar-refractivity contribution in [2.24, 2.45) is 0 Å². The van der Waals surface area contributed by atoms with Gasteiger partial charge in [0.25, 0.3) is 5.91 Å². The van der Waals surface area contributed by atoms with Gasteiger partial charge in [0, 0.05) is 12.3 Å². The molecule has 0 saturated heterocycles. The van der Waals surface area contributed by atoms with E-state index in [1.807, 2.05) is 6.92 Å². The highest BCUT2D eigenvalue weighted by Crippen LogP contribution is 2.33. The Balaban J connectivity index is 1.77. The van der Waals surface area contributed by atoms with Crippen LogP contribution in [-0.2, 0) is 6.18 Å². The zero-order valence-corrected chi connectivity index (χ0v) is 16.3. The number of hydrogen-bond acceptors (Lipinski definition) is 4. The molecule has 29 heavy (non-hydrogen) atoms. The zero-order valence-electron chi connectivity index (χ0n) is 14.7. The molecule has 0 aliphatic carbocycles. The van der Waals surface area contributed by atoms with Crippen molar-refractivity contribution in [3.63, 3.8) is 0 Å². The minimum Gasteiger partial charge on any atom is -0.305 e. The summed E-state index contributed by atoms with van der Waals surface area (Å²) < 4.78 is 42.0. The van der Waals surface area contributed by atoms with Crippen molar-refractivity contribution in [1.29, 1.82) is 0 Å². The van der Waals surface area contributed by atoms with Gasteiger partial charge in [-0.25, -0.2) is 10.1 Å². The number of carbonyl (C=O) groups excluding carboxylic acids is 1. The molecule has 0 aliphatic rings. The molecule has 4 aromatic rings. The van der Waals surface area contributed by atoms with Gasteiger partial charge >= 0.3 is 11.8 Å². The lowest BCUT2D eigenvalue weighted by Gasteiger charge is -2.04. The monoisotopic (exact) mass is 438 g/mol. The summed E-state index contributed by atoms with van der Waals surface area (Å²) in [5, 5.41) is 4.99. The van der Waals surface area contributed by atoms with E-state index in [1.165, 1.54) is 6.07 Å². The number of fused-ring (bicyclic) bond motifs is 1. The lowest BCUT2D eigenvalue weighted by molar-refractivity contribution is -0.604. The van der Waals surface area contributed by atoms with Crippen LogP contribution < -0.4 is 9.83 Å². The lowest BCUT2D eigenvalue weighted by atomic mass is 10.2. The molecule has 1 amide bonds. The van der Waals surface area contributed by atoms with Crippen LogP contribution in [0.25, 0.3) is 16.2 Å². The predicted octanol–water partition coefficient (Wildman–Crippen LogP) is 4.50. The van der Waals surface area contributed by atoms with Crippen LogP contribution in [0.1, 0.15) is 21.7 Å². The summed E-state index contributed by atoms with van der Waals surface area (Å²) in [5.41, 5.74) is -0.118. The van der Waals surface area contributed by atoms with Crippen molar-refractivity contribution in [2.75, 3.05) is 5.32 Å². The van der Waals surface area contributed by atoms with Crippen molar-refractivity contribution >= 4 is 40.3 Å². The molecule has 0 unspecified atom stereocenters. The van der Waals surface area contributed by atoms with E-state index in [9.17, 15) is 18.0 Å². The summed E-state index contributed by atoms with van der Waals surface area (Å²) in [6.45, 7) is 1.84. The number of aromatic nitrogens is 4. The number of anilines is 1. The van der Waals surface area contributed by atoms with Crippen LogP contribution in [0.15, 0.2) is 42.6 Å². The zero-order chi connectivity index (χ0) is 20.8. The lowest BCUT2D eigenvalue weighted by Crippen LogP contribution is -2.36. The van der Waals surface area contributed by atoms with Crippen molar-refractivity contribution in [1.82, 2.24) is 15.1 Å². The number of hydrogen-bond donors (Lipinski definition) is 2. The smallest absolute Gasteiger partial charge is 0.305 e. The Labute approximate surface area is 171 Å². The standard InChI is InChI=1S/C18H11ClF3N5OS/c1-9-2-5-15(23-8-9)25-17(28)11-7-16-24-10(12-3-4-14(19)29-12)6-13(18(20,21)22)27(16)26-11/h2-8H,1H3,(H,23,25,28)/p+1. The van der Waals surface area contributed by atoms with Gasteiger partial charge in [-0.3, -0.25) is 4.79 Å². The van der Waals surface area contributed by atoms with Gasteiger partial charge in [-0.2, -0.15) is 13.2 Å². The van der Waals surface area contributed by atoms with Crippen LogP contribution in [0, 0.1) is 6.92 Å². The van der Waals surface area contributed by atoms with Crippen LogP contribution in [0.2, 0.25) is 4.34 Å². The largest absolute Gasteiger partial charge is 0.456 e. The van der Waals surface area contributed by atoms with Crippen LogP contribution in [0.4, 0.5) is 19.0 Å². The van der Waals surface area contributed by atoms with Gasteiger partial charge < -0.3 is 5.32 Å². The molecule has 0 atom stereocenters. The van der Waals surface area contributed by atoms with Crippen molar-refractivity contribution < 1.29 is 22.5 Å². The number of carbonyl (C=O) groups is 1. The van der Waals surface area contributed by atoms with Gasteiger partial charge in [0.1, 0.15) is 11.5 Å². The molecule has 0 spiro atoms. The fourth-order valence-electron chi connectivity index (χ4n) is 2.65. The van der Waals surface area contributed by atoms with Gasteiger partial charge in [0.15, 0.2) is 5.69 Å². The molecule has 0 saturated carbocycles. The molecule has 11 heteroatoms. The Morgan fingerprint density at radius 2 is 2.03 bits per heavy atom. The van der Waals surface area contributed by atoms with Crippen LogP contribution in [0.5, 0.6) is 0 Å². The Bertz CT molecular complexity index is 1220. The van der Waals surface area contributed by atoms with Crippen LogP contribution in [-0.4, -0.2) is 21.0 Å². The number of thiophene rings is 1. The number of aryl methyl sites for hydroxylation is 1. The van der Waals surface area contributed by atoms with Gasteiger partial charge in [0.2, 0.25) is 5.69 Å². The highest BCUT2D eigenvalue weighted by Gasteiger charge is 2.40. The quantitative estimate of drug-likeness (QED) is 0.462. The van der Waals surface area contributed by atoms with Crippen LogP contribution in [0.3, 0.4) is 0 Å². The van der Waals surface area contributed by atoms with E-state index in [2.05, 4.69) is 20.4 Å². The number of alkyl halides is 3. The molecule has 6 nitrogen and oxygen atoms in total. The maximum atomic E-state index is 13.6. The number of H-pyrrole nitrogens is 1. The van der Waals surface area contributed by atoms with Gasteiger partial charge in [-0.05, 0) is 35.7 Å². The van der Waals surface area contributed by atoms with Gasteiger partial charge in [-0.15, -0.1) is 15.9 Å². The highest BCUT2D eigenvalue weighted by atomic mass is 35.5. The fourth-order valence-corrected chi connectivity index (χ4v) is 3.65. The Hall–Kier alpha value is -2.98. The number of nitrogens with one attached hydrogen (secondary N) is 2. The van der Waals surface area contributed by atoms with E-state index in [4.69, 9.17) is 11.6 Å². The number of rotatable bonds is 3. The van der Waals surface area contributed by atoms with E-state index >= 15 is 0 Å². The molecule has 4 heterocycles. The SMILES string of the molecule is Cc1ccc(NC(=O)c2cc3nc(-c4ccc(Cl)s4)cc(C(F)(F)F)[n+]3[nH]2)nc1. The third-order valence-corrected chi connectivity index (χ3v) is 5.25. The highest BCUT2D eigenvalue weighted by molar-refractivity contribution is 7.19. The van der Waals surface area contributed by atoms with E-state index in [-0.39, 0.29) is 22.9 Å². The van der Waals surface area contributed by atoms with E-state index in [1.54, 1.807) is 30.5 Å². The second-order valence-corrected chi connectivity index (χ2v) is 7.88. The average molecular weight is 439 g/mol. The van der Waals surface area contributed by atoms with Gasteiger partial charge in [0.05, 0.1) is 15.3 Å². The van der Waals surface area contributed by atoms with Crippen LogP contribution >= 0.6 is 22.9 Å². The number of pyridine rings is 1. The second-order valence-electron chi connectivity index (χ2n) is 6.17. The molecule has 4 aromatic heterocycles. The summed E-state index contributed by atoms with van der Waals surface area (Å²) in [6.07, 6.45) is -3.10. The summed E-state index contributed by atoms with van der Waals surface area (Å²) in [4.78, 5) is 21.2. The molecule has 148 valence electrons. The normalized spacial score (nSPS) is 11.8. The first-order valence-corrected chi connectivity index (χ1v) is 9.43. The molecular formula is C18H12ClF3N5OS+. The molecule has 0 fully saturated rings. The minimum atomic E-state index is -4.67.